The summed E-state index contributed by atoms with van der Waals surface area (Å²) in [6, 6.07) is 5.25. The van der Waals surface area contributed by atoms with Crippen molar-refractivity contribution in [3.8, 4) is 11.5 Å². The zero-order valence-corrected chi connectivity index (χ0v) is 8.23. The van der Waals surface area contributed by atoms with Crippen molar-refractivity contribution >= 4 is 0 Å². The molecule has 1 aromatic carbocycles. The van der Waals surface area contributed by atoms with E-state index in [0.29, 0.717) is 12.3 Å². The fourth-order valence-electron chi connectivity index (χ4n) is 1.21. The summed E-state index contributed by atoms with van der Waals surface area (Å²) in [6.45, 7) is 1.63. The first-order chi connectivity index (χ1) is 6.77. The first-order valence-electron chi connectivity index (χ1n) is 4.56. The molecule has 4 nitrogen and oxygen atoms in total. The molecular weight excluding hydrogens is 182 g/mol. The van der Waals surface area contributed by atoms with Crippen LogP contribution in [0.4, 0.5) is 0 Å². The Labute approximate surface area is 83.1 Å². The zero-order chi connectivity index (χ0) is 10.4. The molecule has 0 aliphatic rings. The van der Waals surface area contributed by atoms with Crippen LogP contribution >= 0.6 is 0 Å². The van der Waals surface area contributed by atoms with Crippen molar-refractivity contribution < 1.29 is 20.3 Å². The zero-order valence-electron chi connectivity index (χ0n) is 8.23. The Kier molecular flexibility index (Phi) is 4.22. The highest BCUT2D eigenvalue weighted by Gasteiger charge is 2.03. The first kappa shape index (κ1) is 10.8. The number of hydrogen-bond acceptors (Lipinski definition) is 3. The number of phenolic OH excluding ortho intramolecular Hbond substituents is 1. The maximum absolute atomic E-state index is 9.33. The second-order valence-corrected chi connectivity index (χ2v) is 3.01. The lowest BCUT2D eigenvalue weighted by molar-refractivity contribution is -0.671. The van der Waals surface area contributed by atoms with Gasteiger partial charge in [-0.15, -0.1) is 0 Å². The van der Waals surface area contributed by atoms with Gasteiger partial charge in [-0.25, -0.2) is 0 Å². The molecule has 0 fully saturated rings. The molecule has 0 aromatic heterocycles. The third-order valence-electron chi connectivity index (χ3n) is 1.96. The SMILES string of the molecule is COc1cc(C[NH2+]CCO)ccc1O. The number of nitrogens with two attached hydrogens (primary N) is 1. The number of phenols is 1. The second-order valence-electron chi connectivity index (χ2n) is 3.01. The van der Waals surface area contributed by atoms with Crippen LogP contribution in [0.2, 0.25) is 0 Å². The third-order valence-corrected chi connectivity index (χ3v) is 1.96. The maximum atomic E-state index is 9.33. The van der Waals surface area contributed by atoms with E-state index in [9.17, 15) is 5.11 Å². The fraction of sp³-hybridized carbons (Fsp3) is 0.400. The van der Waals surface area contributed by atoms with Crippen LogP contribution in [-0.2, 0) is 6.54 Å². The largest absolute Gasteiger partial charge is 0.504 e. The van der Waals surface area contributed by atoms with E-state index in [0.717, 1.165) is 12.1 Å². The van der Waals surface area contributed by atoms with Crippen LogP contribution in [0.5, 0.6) is 11.5 Å². The Hall–Kier alpha value is -1.26. The molecule has 4 heteroatoms. The van der Waals surface area contributed by atoms with E-state index < -0.39 is 0 Å². The number of rotatable bonds is 5. The van der Waals surface area contributed by atoms with E-state index >= 15 is 0 Å². The number of ether oxygens (including phenoxy) is 1. The van der Waals surface area contributed by atoms with Crippen LogP contribution in [0, 0.1) is 0 Å². The Bertz CT molecular complexity index is 289. The van der Waals surface area contributed by atoms with Crippen LogP contribution in [0.15, 0.2) is 18.2 Å². The third kappa shape index (κ3) is 2.90. The average Bonchev–Trinajstić information content (AvgIpc) is 2.21. The Morgan fingerprint density at radius 3 is 2.86 bits per heavy atom. The van der Waals surface area contributed by atoms with E-state index in [1.54, 1.807) is 12.1 Å². The monoisotopic (exact) mass is 198 g/mol. The van der Waals surface area contributed by atoms with Crippen molar-refractivity contribution in [2.45, 2.75) is 6.54 Å². The Balaban J connectivity index is 2.60. The number of quaternary nitrogens is 1. The van der Waals surface area contributed by atoms with Gasteiger partial charge in [-0.2, -0.15) is 0 Å². The topological polar surface area (TPSA) is 66.3 Å². The molecule has 0 aliphatic heterocycles. The highest BCUT2D eigenvalue weighted by Crippen LogP contribution is 2.25. The van der Waals surface area contributed by atoms with Gasteiger partial charge in [0.05, 0.1) is 20.3 Å². The summed E-state index contributed by atoms with van der Waals surface area (Å²) >= 11 is 0. The van der Waals surface area contributed by atoms with Crippen LogP contribution in [0.3, 0.4) is 0 Å². The molecule has 0 radical (unpaired) electrons. The van der Waals surface area contributed by atoms with Gasteiger partial charge in [0.25, 0.3) is 0 Å². The fourth-order valence-corrected chi connectivity index (χ4v) is 1.21. The molecule has 0 saturated heterocycles. The van der Waals surface area contributed by atoms with E-state index in [-0.39, 0.29) is 12.4 Å². The van der Waals surface area contributed by atoms with Gasteiger partial charge in [-0.3, -0.25) is 0 Å². The molecule has 0 unspecified atom stereocenters. The molecule has 0 saturated carbocycles. The molecule has 1 aromatic rings. The van der Waals surface area contributed by atoms with Crippen molar-refractivity contribution in [2.24, 2.45) is 0 Å². The van der Waals surface area contributed by atoms with Gasteiger partial charge in [0, 0.05) is 5.56 Å². The molecular formula is C10H16NO3+. The minimum absolute atomic E-state index is 0.151. The number of aliphatic hydroxyl groups is 1. The lowest BCUT2D eigenvalue weighted by Gasteiger charge is -2.05. The summed E-state index contributed by atoms with van der Waals surface area (Å²) in [4.78, 5) is 0. The molecule has 1 rings (SSSR count). The molecule has 0 amide bonds. The lowest BCUT2D eigenvalue weighted by atomic mass is 10.2. The second kappa shape index (κ2) is 5.47. The smallest absolute Gasteiger partial charge is 0.160 e. The van der Waals surface area contributed by atoms with Gasteiger partial charge < -0.3 is 20.3 Å². The normalized spacial score (nSPS) is 10.1. The quantitative estimate of drug-likeness (QED) is 0.556. The van der Waals surface area contributed by atoms with Crippen molar-refractivity contribution in [2.75, 3.05) is 20.3 Å². The van der Waals surface area contributed by atoms with Gasteiger partial charge in [0.2, 0.25) is 0 Å². The summed E-state index contributed by atoms with van der Waals surface area (Å²) < 4.78 is 4.98. The Morgan fingerprint density at radius 2 is 2.21 bits per heavy atom. The molecule has 0 heterocycles. The predicted molar refractivity (Wildman–Crippen MR) is 52.2 cm³/mol. The first-order valence-corrected chi connectivity index (χ1v) is 4.56. The van der Waals surface area contributed by atoms with Gasteiger partial charge >= 0.3 is 0 Å². The molecule has 0 atom stereocenters. The minimum atomic E-state index is 0.151. The maximum Gasteiger partial charge on any atom is 0.160 e. The van der Waals surface area contributed by atoms with Crippen LogP contribution in [0.1, 0.15) is 5.56 Å². The van der Waals surface area contributed by atoms with Crippen LogP contribution in [-0.4, -0.2) is 30.5 Å². The summed E-state index contributed by atoms with van der Waals surface area (Å²) in [5, 5.41) is 19.9. The van der Waals surface area contributed by atoms with E-state index in [1.165, 1.54) is 7.11 Å². The van der Waals surface area contributed by atoms with Gasteiger partial charge in [-0.1, -0.05) is 0 Å². The number of hydrogen-bond donors (Lipinski definition) is 3. The number of benzene rings is 1. The molecule has 4 N–H and O–H groups in total. The van der Waals surface area contributed by atoms with Crippen molar-refractivity contribution in [1.82, 2.24) is 0 Å². The van der Waals surface area contributed by atoms with Crippen molar-refractivity contribution in [3.05, 3.63) is 23.8 Å². The van der Waals surface area contributed by atoms with Crippen molar-refractivity contribution in [1.29, 1.82) is 0 Å². The standard InChI is InChI=1S/C10H15NO3/c1-14-10-6-8(2-3-9(10)13)7-11-4-5-12/h2-3,6,11-13H,4-5,7H2,1H3/p+1. The summed E-state index contributed by atoms with van der Waals surface area (Å²) in [5.74, 6) is 0.637. The summed E-state index contributed by atoms with van der Waals surface area (Å²) in [6.07, 6.45) is 0. The minimum Gasteiger partial charge on any atom is -0.504 e. The molecule has 0 bridgehead atoms. The van der Waals surface area contributed by atoms with E-state index in [1.807, 2.05) is 11.4 Å². The average molecular weight is 198 g/mol. The molecule has 0 aliphatic carbocycles. The van der Waals surface area contributed by atoms with E-state index in [4.69, 9.17) is 9.84 Å². The van der Waals surface area contributed by atoms with Gasteiger partial charge in [-0.05, 0) is 18.2 Å². The van der Waals surface area contributed by atoms with Crippen LogP contribution in [0.25, 0.3) is 0 Å². The lowest BCUT2D eigenvalue weighted by Crippen LogP contribution is -2.83. The summed E-state index contributed by atoms with van der Waals surface area (Å²) in [7, 11) is 1.52. The highest BCUT2D eigenvalue weighted by atomic mass is 16.5. The van der Waals surface area contributed by atoms with Crippen molar-refractivity contribution in [3.63, 3.8) is 0 Å². The highest BCUT2D eigenvalue weighted by molar-refractivity contribution is 5.41. The number of methoxy groups -OCH3 is 1. The number of aliphatic hydroxyl groups excluding tert-OH is 1. The van der Waals surface area contributed by atoms with Crippen LogP contribution < -0.4 is 10.1 Å². The predicted octanol–water partition coefficient (Wildman–Crippen LogP) is -0.543. The summed E-state index contributed by atoms with van der Waals surface area (Å²) in [5.41, 5.74) is 1.06. The number of aromatic hydroxyl groups is 1. The van der Waals surface area contributed by atoms with Gasteiger partial charge in [0.1, 0.15) is 6.54 Å². The van der Waals surface area contributed by atoms with Gasteiger partial charge in [0.15, 0.2) is 11.5 Å². The molecule has 78 valence electrons. The Morgan fingerprint density at radius 1 is 1.43 bits per heavy atom. The van der Waals surface area contributed by atoms with E-state index in [2.05, 4.69) is 0 Å². The molecule has 0 spiro atoms. The molecule has 14 heavy (non-hydrogen) atoms.